The molecule has 0 bridgehead atoms. The molecule has 1 aromatic heterocycles. The third kappa shape index (κ3) is 10.3. The Kier molecular flexibility index (Phi) is 7.60. The maximum absolute atomic E-state index is 11.6. The molecule has 0 spiro atoms. The Bertz CT molecular complexity index is 592. The quantitative estimate of drug-likeness (QED) is 0.432. The predicted molar refractivity (Wildman–Crippen MR) is 67.6 cm³/mol. The van der Waals surface area contributed by atoms with Crippen LogP contribution < -0.4 is 23.2 Å². The number of nitrogens with zero attached hydrogens (tertiary/aromatic N) is 1. The van der Waals surface area contributed by atoms with Gasteiger partial charge in [-0.1, -0.05) is 30.3 Å². The number of rotatable bonds is 4. The molecule has 8 heteroatoms. The summed E-state index contributed by atoms with van der Waals surface area (Å²) in [4.78, 5) is 11.6. The molecule has 1 aromatic carbocycles. The molecule has 0 aliphatic rings. The minimum absolute atomic E-state index is 0.201. The highest BCUT2D eigenvalue weighted by Crippen LogP contribution is 2.03. The van der Waals surface area contributed by atoms with Crippen LogP contribution in [0, 0.1) is 10.2 Å². The van der Waals surface area contributed by atoms with E-state index in [0.717, 1.165) is 11.1 Å². The third-order valence-corrected chi connectivity index (χ3v) is 2.64. The summed E-state index contributed by atoms with van der Waals surface area (Å²) in [6.07, 6.45) is 4.15. The van der Waals surface area contributed by atoms with Crippen molar-refractivity contribution in [2.45, 2.75) is 13.0 Å². The van der Waals surface area contributed by atoms with E-state index in [1.807, 2.05) is 66.5 Å². The van der Waals surface area contributed by atoms with E-state index < -0.39 is 10.2 Å². The van der Waals surface area contributed by atoms with Crippen molar-refractivity contribution < 1.29 is 43.0 Å². The largest absolute Gasteiger partial charge is 0.461 e. The van der Waals surface area contributed by atoms with E-state index in [4.69, 9.17) is 23.4 Å². The minimum Gasteiger partial charge on any atom is -0.461 e. The Morgan fingerprint density at radius 3 is 2.04 bits per heavy atom. The van der Waals surface area contributed by atoms with Gasteiger partial charge in [0.2, 0.25) is 0 Å². The van der Waals surface area contributed by atoms with Crippen LogP contribution in [-0.4, -0.2) is 5.97 Å². The Morgan fingerprint density at radius 2 is 1.52 bits per heavy atom. The van der Waals surface area contributed by atoms with Crippen LogP contribution in [0.25, 0.3) is 0 Å². The van der Waals surface area contributed by atoms with E-state index in [9.17, 15) is 4.79 Å². The second-order valence-corrected chi connectivity index (χ2v) is 5.33. The number of benzene rings is 1. The SMILES string of the molecule is C[n+]1ccc(CC(=O)OCc2ccccc2)cc1.[O-][Cl+3]([O-])([O-])[O-]. The van der Waals surface area contributed by atoms with Crippen molar-refractivity contribution in [1.29, 1.82) is 0 Å². The first-order chi connectivity index (χ1) is 10.7. The summed E-state index contributed by atoms with van der Waals surface area (Å²) in [6, 6.07) is 13.5. The molecule has 0 unspecified atom stereocenters. The summed E-state index contributed by atoms with van der Waals surface area (Å²) in [7, 11) is -3.00. The first-order valence-corrected chi connectivity index (χ1v) is 7.73. The topological polar surface area (TPSA) is 122 Å². The Morgan fingerprint density at radius 1 is 1.00 bits per heavy atom. The number of halogens is 1. The maximum Gasteiger partial charge on any atom is 0.310 e. The maximum atomic E-state index is 11.6. The van der Waals surface area contributed by atoms with Crippen molar-refractivity contribution in [2.24, 2.45) is 7.05 Å². The van der Waals surface area contributed by atoms with Crippen LogP contribution in [0.5, 0.6) is 0 Å². The fourth-order valence-electron chi connectivity index (χ4n) is 1.61. The van der Waals surface area contributed by atoms with Crippen LogP contribution in [0.4, 0.5) is 0 Å². The molecule has 0 aliphatic carbocycles. The normalized spacial score (nSPS) is 10.5. The van der Waals surface area contributed by atoms with Crippen LogP contribution in [0.2, 0.25) is 0 Å². The van der Waals surface area contributed by atoms with Gasteiger partial charge in [0.1, 0.15) is 13.7 Å². The fourth-order valence-corrected chi connectivity index (χ4v) is 1.61. The number of aromatic nitrogens is 1. The predicted octanol–water partition coefficient (Wildman–Crippen LogP) is -2.96. The summed E-state index contributed by atoms with van der Waals surface area (Å²) >= 11 is 0. The molecular weight excluding hydrogens is 326 g/mol. The summed E-state index contributed by atoms with van der Waals surface area (Å²) in [6.45, 7) is 0.334. The number of carbonyl (C=O) groups excluding carboxylic acids is 1. The van der Waals surface area contributed by atoms with E-state index in [0.29, 0.717) is 13.0 Å². The second-order valence-electron chi connectivity index (χ2n) is 4.57. The zero-order chi connectivity index (χ0) is 17.3. The number of pyridine rings is 1. The average Bonchev–Trinajstić information content (AvgIpc) is 2.47. The molecule has 2 rings (SSSR count). The van der Waals surface area contributed by atoms with Gasteiger partial charge in [-0.2, -0.15) is 0 Å². The van der Waals surface area contributed by atoms with Crippen molar-refractivity contribution in [3.63, 3.8) is 0 Å². The van der Waals surface area contributed by atoms with Crippen LogP contribution in [-0.2, 0) is 29.6 Å². The van der Waals surface area contributed by atoms with E-state index in [-0.39, 0.29) is 5.97 Å². The molecule has 0 saturated carbocycles. The van der Waals surface area contributed by atoms with Gasteiger partial charge in [0.15, 0.2) is 12.4 Å². The van der Waals surface area contributed by atoms with Crippen LogP contribution in [0.3, 0.4) is 0 Å². The molecule has 7 nitrogen and oxygen atoms in total. The summed E-state index contributed by atoms with van der Waals surface area (Å²) < 4.78 is 41.1. The van der Waals surface area contributed by atoms with Crippen molar-refractivity contribution >= 4 is 5.97 Å². The van der Waals surface area contributed by atoms with E-state index in [1.54, 1.807) is 0 Å². The lowest BCUT2D eigenvalue weighted by Crippen LogP contribution is -2.68. The highest BCUT2D eigenvalue weighted by molar-refractivity contribution is 5.72. The van der Waals surface area contributed by atoms with Gasteiger partial charge in [0.05, 0.1) is 6.42 Å². The van der Waals surface area contributed by atoms with Crippen molar-refractivity contribution in [3.8, 4) is 0 Å². The highest BCUT2D eigenvalue weighted by Gasteiger charge is 2.06. The minimum atomic E-state index is -4.94. The van der Waals surface area contributed by atoms with E-state index >= 15 is 0 Å². The average molecular weight is 342 g/mol. The molecular formula is C15H16ClNO6. The van der Waals surface area contributed by atoms with E-state index in [2.05, 4.69) is 0 Å². The highest BCUT2D eigenvalue weighted by atomic mass is 35.7. The van der Waals surface area contributed by atoms with Crippen molar-refractivity contribution in [3.05, 3.63) is 66.0 Å². The van der Waals surface area contributed by atoms with Gasteiger partial charge in [-0.05, 0) is 11.1 Å². The molecule has 2 aromatic rings. The van der Waals surface area contributed by atoms with E-state index in [1.165, 1.54) is 0 Å². The lowest BCUT2D eigenvalue weighted by molar-refractivity contribution is -2.00. The Labute approximate surface area is 135 Å². The number of esters is 1. The summed E-state index contributed by atoms with van der Waals surface area (Å²) in [5, 5.41) is 0. The molecule has 0 amide bonds. The van der Waals surface area contributed by atoms with Crippen LogP contribution in [0.1, 0.15) is 11.1 Å². The number of carbonyl (C=O) groups is 1. The molecule has 23 heavy (non-hydrogen) atoms. The Balaban J connectivity index is 0.000000463. The number of hydrogen-bond donors (Lipinski definition) is 0. The first-order valence-electron chi connectivity index (χ1n) is 6.49. The van der Waals surface area contributed by atoms with Gasteiger partial charge in [-0.3, -0.25) is 4.79 Å². The summed E-state index contributed by atoms with van der Waals surface area (Å²) in [5.41, 5.74) is 1.97. The number of aryl methyl sites for hydroxylation is 1. The zero-order valence-corrected chi connectivity index (χ0v) is 13.1. The van der Waals surface area contributed by atoms with Crippen molar-refractivity contribution in [1.82, 2.24) is 0 Å². The van der Waals surface area contributed by atoms with Gasteiger partial charge < -0.3 is 4.74 Å². The molecule has 0 radical (unpaired) electrons. The molecule has 0 aliphatic heterocycles. The van der Waals surface area contributed by atoms with Crippen LogP contribution >= 0.6 is 0 Å². The first kappa shape index (κ1) is 19.0. The van der Waals surface area contributed by atoms with Gasteiger partial charge in [0.25, 0.3) is 0 Å². The van der Waals surface area contributed by atoms with Crippen molar-refractivity contribution in [2.75, 3.05) is 0 Å². The standard InChI is InChI=1S/C15H16NO2.ClHO4/c1-16-9-7-13(8-10-16)11-15(17)18-12-14-5-3-2-4-6-14;2-1(3,4)5/h2-10H,11-12H2,1H3;(H,2,3,4,5)/q+1;/p-1. The lowest BCUT2D eigenvalue weighted by atomic mass is 10.2. The van der Waals surface area contributed by atoms with Crippen LogP contribution in [0.15, 0.2) is 54.9 Å². The molecule has 0 atom stereocenters. The van der Waals surface area contributed by atoms with Gasteiger partial charge in [-0.25, -0.2) is 23.2 Å². The smallest absolute Gasteiger partial charge is 0.310 e. The molecule has 0 fully saturated rings. The molecule has 0 N–H and O–H groups in total. The van der Waals surface area contributed by atoms with Gasteiger partial charge in [-0.15, -0.1) is 10.2 Å². The number of ether oxygens (including phenoxy) is 1. The Hall–Kier alpha value is -2.03. The zero-order valence-electron chi connectivity index (χ0n) is 12.4. The van der Waals surface area contributed by atoms with Gasteiger partial charge in [0, 0.05) is 12.1 Å². The molecule has 1 heterocycles. The fraction of sp³-hybridized carbons (Fsp3) is 0.200. The second kappa shape index (κ2) is 9.19. The third-order valence-electron chi connectivity index (χ3n) is 2.64. The summed E-state index contributed by atoms with van der Waals surface area (Å²) in [5.74, 6) is -0.201. The monoisotopic (exact) mass is 341 g/mol. The molecule has 0 saturated heterocycles. The number of hydrogen-bond acceptors (Lipinski definition) is 6. The lowest BCUT2D eigenvalue weighted by Gasteiger charge is -2.17. The molecule has 124 valence electrons. The van der Waals surface area contributed by atoms with Gasteiger partial charge >= 0.3 is 5.97 Å².